The molecule has 140 valence electrons. The van der Waals surface area contributed by atoms with Crippen LogP contribution in [0.3, 0.4) is 0 Å². The highest BCUT2D eigenvalue weighted by molar-refractivity contribution is 9.12. The van der Waals surface area contributed by atoms with E-state index in [-0.39, 0.29) is 26.8 Å². The number of rotatable bonds is 1. The lowest BCUT2D eigenvalue weighted by atomic mass is 9.51. The maximum atomic E-state index is 12.6. The molecule has 0 aromatic heterocycles. The maximum absolute atomic E-state index is 12.6. The zero-order chi connectivity index (χ0) is 18.6. The molecule has 3 saturated carbocycles. The number of hydrogen-bond acceptors (Lipinski definition) is 2. The quantitative estimate of drug-likeness (QED) is 0.325. The molecule has 26 heavy (non-hydrogen) atoms. The molecule has 0 aromatic rings. The first-order valence-electron chi connectivity index (χ1n) is 9.53. The van der Waals surface area contributed by atoms with E-state index in [9.17, 15) is 9.59 Å². The Bertz CT molecular complexity index is 733. The molecule has 0 radical (unpaired) electrons. The van der Waals surface area contributed by atoms with Crippen molar-refractivity contribution in [1.29, 1.82) is 0 Å². The molecule has 5 heteroatoms. The summed E-state index contributed by atoms with van der Waals surface area (Å²) in [6.45, 7) is 2.20. The Balaban J connectivity index is 1.69. The molecule has 4 rings (SSSR count). The molecule has 4 aliphatic rings. The third-order valence-electron chi connectivity index (χ3n) is 7.67. The summed E-state index contributed by atoms with van der Waals surface area (Å²) in [5, 5.41) is 0. The number of halogens is 3. The summed E-state index contributed by atoms with van der Waals surface area (Å²) in [6.07, 6.45) is 7.32. The molecule has 4 aliphatic carbocycles. The van der Waals surface area contributed by atoms with Crippen LogP contribution in [0.5, 0.6) is 0 Å². The lowest BCUT2D eigenvalue weighted by Crippen LogP contribution is -2.54. The van der Waals surface area contributed by atoms with Gasteiger partial charge in [-0.2, -0.15) is 0 Å². The van der Waals surface area contributed by atoms with E-state index in [1.807, 2.05) is 6.08 Å². The molecule has 0 saturated heterocycles. The van der Waals surface area contributed by atoms with Crippen LogP contribution in [0.4, 0.5) is 0 Å². The maximum Gasteiger partial charge on any atom is 0.159 e. The first kappa shape index (κ1) is 19.4. The molecule has 8 atom stereocenters. The second-order valence-electron chi connectivity index (χ2n) is 8.67. The van der Waals surface area contributed by atoms with E-state index in [0.717, 1.165) is 32.1 Å². The number of fused-ring (bicyclic) bond motifs is 5. The van der Waals surface area contributed by atoms with Crippen LogP contribution in [0.25, 0.3) is 0 Å². The second-order valence-corrected chi connectivity index (χ2v) is 11.1. The van der Waals surface area contributed by atoms with Crippen LogP contribution in [0.15, 0.2) is 11.6 Å². The summed E-state index contributed by atoms with van der Waals surface area (Å²) < 4.78 is 0. The largest absolute Gasteiger partial charge is 0.299 e. The fourth-order valence-corrected chi connectivity index (χ4v) is 8.35. The number of carbonyl (C=O) groups is 2. The van der Waals surface area contributed by atoms with Crippen molar-refractivity contribution in [3.63, 3.8) is 0 Å². The highest BCUT2D eigenvalue weighted by Crippen LogP contribution is 2.62. The molecule has 3 fully saturated rings. The Labute approximate surface area is 180 Å². The SMILES string of the molecule is C[C@]12CC[C@H]3[C@@H]([C@H](Br)[C@@H](Br)C4=CC(=O)C(CC#CBr)C[C@@H]43)[C@@H]1CCC2=O. The summed E-state index contributed by atoms with van der Waals surface area (Å²) in [5.74, 6) is 5.73. The van der Waals surface area contributed by atoms with E-state index in [0.29, 0.717) is 35.9 Å². The smallest absolute Gasteiger partial charge is 0.159 e. The van der Waals surface area contributed by atoms with Gasteiger partial charge in [-0.25, -0.2) is 0 Å². The normalized spacial score (nSPS) is 47.2. The van der Waals surface area contributed by atoms with E-state index in [2.05, 4.69) is 65.5 Å². The molecule has 0 bridgehead atoms. The van der Waals surface area contributed by atoms with Gasteiger partial charge in [-0.3, -0.25) is 9.59 Å². The van der Waals surface area contributed by atoms with Crippen LogP contribution in [0, 0.1) is 45.8 Å². The summed E-state index contributed by atoms with van der Waals surface area (Å²) >= 11 is 11.0. The van der Waals surface area contributed by atoms with Gasteiger partial charge in [-0.1, -0.05) is 44.7 Å². The minimum absolute atomic E-state index is 0.0135. The Hall–Kier alpha value is 0.0800. The number of Topliss-reactive ketones (excluding diaryl/α,β-unsaturated/α-hetero) is 1. The van der Waals surface area contributed by atoms with Crippen molar-refractivity contribution in [3.05, 3.63) is 11.6 Å². The second kappa shape index (κ2) is 7.16. The van der Waals surface area contributed by atoms with Crippen LogP contribution in [-0.4, -0.2) is 21.2 Å². The van der Waals surface area contributed by atoms with E-state index in [1.54, 1.807) is 0 Å². The van der Waals surface area contributed by atoms with Crippen molar-refractivity contribution < 1.29 is 9.59 Å². The van der Waals surface area contributed by atoms with Crippen LogP contribution in [0.1, 0.15) is 45.4 Å². The molecular formula is C21H23Br3O2. The van der Waals surface area contributed by atoms with Gasteiger partial charge in [0.1, 0.15) is 5.78 Å². The summed E-state index contributed by atoms with van der Waals surface area (Å²) in [5.41, 5.74) is 1.14. The Morgan fingerprint density at radius 1 is 1.27 bits per heavy atom. The van der Waals surface area contributed by atoms with Crippen molar-refractivity contribution >= 4 is 59.4 Å². The third-order valence-corrected chi connectivity index (χ3v) is 10.9. The summed E-state index contributed by atoms with van der Waals surface area (Å²) in [6, 6.07) is 0. The minimum atomic E-state index is -0.132. The fourth-order valence-electron chi connectivity index (χ4n) is 6.30. The molecule has 0 amide bonds. The predicted octanol–water partition coefficient (Wildman–Crippen LogP) is 5.42. The van der Waals surface area contributed by atoms with Gasteiger partial charge in [0.15, 0.2) is 5.78 Å². The van der Waals surface area contributed by atoms with Crippen molar-refractivity contribution in [2.24, 2.45) is 35.0 Å². The fraction of sp³-hybridized carbons (Fsp3) is 0.714. The monoisotopic (exact) mass is 544 g/mol. The molecular weight excluding hydrogens is 524 g/mol. The van der Waals surface area contributed by atoms with Crippen molar-refractivity contribution in [2.45, 2.75) is 55.1 Å². The van der Waals surface area contributed by atoms with E-state index < -0.39 is 0 Å². The van der Waals surface area contributed by atoms with Crippen molar-refractivity contribution in [2.75, 3.05) is 0 Å². The number of allylic oxidation sites excluding steroid dienone is 1. The molecule has 1 unspecified atom stereocenters. The molecule has 0 N–H and O–H groups in total. The number of alkyl halides is 2. The van der Waals surface area contributed by atoms with Crippen LogP contribution >= 0.6 is 47.8 Å². The Kier molecular flexibility index (Phi) is 5.34. The van der Waals surface area contributed by atoms with E-state index >= 15 is 0 Å². The van der Waals surface area contributed by atoms with Crippen LogP contribution in [0.2, 0.25) is 0 Å². The molecule has 2 nitrogen and oxygen atoms in total. The minimum Gasteiger partial charge on any atom is -0.299 e. The van der Waals surface area contributed by atoms with Gasteiger partial charge in [-0.15, -0.1) is 0 Å². The summed E-state index contributed by atoms with van der Waals surface area (Å²) in [7, 11) is 0. The topological polar surface area (TPSA) is 34.1 Å². The predicted molar refractivity (Wildman–Crippen MR) is 113 cm³/mol. The molecule has 0 aliphatic heterocycles. The van der Waals surface area contributed by atoms with Crippen LogP contribution < -0.4 is 0 Å². The van der Waals surface area contributed by atoms with Gasteiger partial charge >= 0.3 is 0 Å². The first-order chi connectivity index (χ1) is 12.4. The summed E-state index contributed by atoms with van der Waals surface area (Å²) in [4.78, 5) is 28.4. The third kappa shape index (κ3) is 2.85. The highest BCUT2D eigenvalue weighted by Gasteiger charge is 2.60. The lowest BCUT2D eigenvalue weighted by molar-refractivity contribution is -0.130. The number of ketones is 2. The van der Waals surface area contributed by atoms with E-state index in [1.165, 1.54) is 5.57 Å². The van der Waals surface area contributed by atoms with Gasteiger partial charge < -0.3 is 0 Å². The number of carbonyl (C=O) groups excluding carboxylic acids is 2. The van der Waals surface area contributed by atoms with Gasteiger partial charge in [0.25, 0.3) is 0 Å². The van der Waals surface area contributed by atoms with Crippen molar-refractivity contribution in [3.8, 4) is 10.8 Å². The first-order valence-corrected chi connectivity index (χ1v) is 12.2. The van der Waals surface area contributed by atoms with Crippen molar-refractivity contribution in [1.82, 2.24) is 0 Å². The Morgan fingerprint density at radius 3 is 2.77 bits per heavy atom. The highest BCUT2D eigenvalue weighted by atomic mass is 79.9. The molecule has 0 aromatic carbocycles. The van der Waals surface area contributed by atoms with Gasteiger partial charge in [-0.05, 0) is 65.8 Å². The Morgan fingerprint density at radius 2 is 2.04 bits per heavy atom. The standard InChI is InChI=1S/C21H23Br3O2/c1-21-7-6-12-13-9-11(3-2-8-22)16(25)10-14(13)19(23)20(24)18(12)15(21)4-5-17(21)26/h10-13,15,18-20H,3-7,9H2,1H3/t11?,12-,13-,15+,18-,19+,20+,21+/m1/s1. The zero-order valence-corrected chi connectivity index (χ0v) is 19.6. The van der Waals surface area contributed by atoms with Gasteiger partial charge in [0.05, 0.1) is 0 Å². The number of hydrogen-bond donors (Lipinski definition) is 0. The van der Waals surface area contributed by atoms with Gasteiger partial charge in [0.2, 0.25) is 0 Å². The average Bonchev–Trinajstić information content (AvgIpc) is 2.93. The van der Waals surface area contributed by atoms with Crippen LogP contribution in [-0.2, 0) is 9.59 Å². The zero-order valence-electron chi connectivity index (χ0n) is 14.8. The molecule has 0 spiro atoms. The average molecular weight is 547 g/mol. The van der Waals surface area contributed by atoms with E-state index in [4.69, 9.17) is 0 Å². The van der Waals surface area contributed by atoms with Gasteiger partial charge in [0, 0.05) is 49.8 Å². The lowest BCUT2D eigenvalue weighted by Gasteiger charge is -2.55. The molecule has 0 heterocycles.